The van der Waals surface area contributed by atoms with Gasteiger partial charge in [0.15, 0.2) is 0 Å². The second kappa shape index (κ2) is 10.4. The van der Waals surface area contributed by atoms with Crippen LogP contribution < -0.4 is 5.32 Å². The molecule has 0 radical (unpaired) electrons. The largest absolute Gasteiger partial charge is 0.465 e. The highest BCUT2D eigenvalue weighted by Gasteiger charge is 2.13. The zero-order valence-corrected chi connectivity index (χ0v) is 16.8. The zero-order valence-electron chi connectivity index (χ0n) is 16.8. The third-order valence-electron chi connectivity index (χ3n) is 4.00. The summed E-state index contributed by atoms with van der Waals surface area (Å²) >= 11 is 0. The summed E-state index contributed by atoms with van der Waals surface area (Å²) in [6.07, 6.45) is 4.12. The van der Waals surface area contributed by atoms with E-state index in [-0.39, 0.29) is 18.0 Å². The molecule has 7 nitrogen and oxygen atoms in total. The summed E-state index contributed by atoms with van der Waals surface area (Å²) in [5, 5.41) is 2.50. The minimum atomic E-state index is -0.707. The van der Waals surface area contributed by atoms with Crippen LogP contribution in [0, 0.1) is 11.8 Å². The first-order valence-corrected chi connectivity index (χ1v) is 9.26. The number of aromatic nitrogens is 2. The van der Waals surface area contributed by atoms with Crippen molar-refractivity contribution in [3.8, 4) is 23.1 Å². The highest BCUT2D eigenvalue weighted by Crippen LogP contribution is 2.22. The van der Waals surface area contributed by atoms with Crippen LogP contribution in [0.2, 0.25) is 0 Å². The first-order valence-electron chi connectivity index (χ1n) is 9.26. The lowest BCUT2D eigenvalue weighted by Crippen LogP contribution is -2.15. The fraction of sp³-hybridized carbons (Fsp3) is 0.0833. The average Bonchev–Trinajstić information content (AvgIpc) is 2.81. The average molecular weight is 413 g/mol. The molecule has 1 amide bonds. The Hall–Kier alpha value is -4.44. The van der Waals surface area contributed by atoms with Crippen molar-refractivity contribution in [3.63, 3.8) is 0 Å². The molecular weight excluding hydrogens is 394 g/mol. The second-order valence-corrected chi connectivity index (χ2v) is 6.20. The molecule has 0 spiro atoms. The summed E-state index contributed by atoms with van der Waals surface area (Å²) in [5.41, 5.74) is 3.09. The first-order chi connectivity index (χ1) is 15.1. The van der Waals surface area contributed by atoms with Gasteiger partial charge in [-0.05, 0) is 36.4 Å². The van der Waals surface area contributed by atoms with Crippen LogP contribution in [0.4, 0.5) is 10.6 Å². The highest BCUT2D eigenvalue weighted by atomic mass is 16.5. The van der Waals surface area contributed by atoms with Crippen LogP contribution in [0.15, 0.2) is 73.6 Å². The van der Waals surface area contributed by atoms with E-state index >= 15 is 0 Å². The summed E-state index contributed by atoms with van der Waals surface area (Å²) in [6.45, 7) is 3.54. The Morgan fingerprint density at radius 1 is 1.13 bits per heavy atom. The number of benzene rings is 1. The Labute approximate surface area is 179 Å². The zero-order chi connectivity index (χ0) is 22.1. The topological polar surface area (TPSA) is 90.4 Å². The number of nitrogens with one attached hydrogen (secondary N) is 1. The van der Waals surface area contributed by atoms with E-state index in [1.807, 2.05) is 36.4 Å². The molecule has 0 aliphatic heterocycles. The quantitative estimate of drug-likeness (QED) is 0.385. The monoisotopic (exact) mass is 413 g/mol. The van der Waals surface area contributed by atoms with E-state index in [1.165, 1.54) is 19.3 Å². The number of rotatable bonds is 5. The molecule has 0 fully saturated rings. The lowest BCUT2D eigenvalue weighted by molar-refractivity contribution is 0.0600. The van der Waals surface area contributed by atoms with Gasteiger partial charge < -0.3 is 9.47 Å². The normalized spacial score (nSPS) is 9.71. The molecule has 0 unspecified atom stereocenters. The van der Waals surface area contributed by atoms with E-state index < -0.39 is 12.1 Å². The lowest BCUT2D eigenvalue weighted by Gasteiger charge is -2.10. The smallest absolute Gasteiger partial charge is 0.413 e. The fourth-order valence-electron chi connectivity index (χ4n) is 2.56. The number of hydrogen-bond acceptors (Lipinski definition) is 6. The number of anilines is 1. The van der Waals surface area contributed by atoms with Gasteiger partial charge in [-0.1, -0.05) is 36.6 Å². The molecule has 3 aromatic rings. The third kappa shape index (κ3) is 6.02. The molecule has 0 saturated heterocycles. The molecule has 0 aliphatic rings. The van der Waals surface area contributed by atoms with Gasteiger partial charge in [-0.3, -0.25) is 10.3 Å². The van der Waals surface area contributed by atoms with Gasteiger partial charge in [0.05, 0.1) is 18.4 Å². The number of hydrogen-bond donors (Lipinski definition) is 1. The molecule has 0 aliphatic carbocycles. The SMILES string of the molecule is C=CCOC(=O)Nc1cc(C(=O)OC)cc(-c2ccc(C#Cc3cccnc3)cc2)n1. The predicted molar refractivity (Wildman–Crippen MR) is 116 cm³/mol. The molecule has 7 heteroatoms. The van der Waals surface area contributed by atoms with Crippen molar-refractivity contribution in [2.45, 2.75) is 0 Å². The predicted octanol–water partition coefficient (Wildman–Crippen LogP) is 4.06. The number of ether oxygens (including phenoxy) is 2. The molecule has 0 saturated carbocycles. The van der Waals surface area contributed by atoms with Gasteiger partial charge in [-0.15, -0.1) is 0 Å². The van der Waals surface area contributed by atoms with Crippen LogP contribution >= 0.6 is 0 Å². The Balaban J connectivity index is 1.87. The molecule has 154 valence electrons. The van der Waals surface area contributed by atoms with Crippen LogP contribution in [-0.4, -0.2) is 35.7 Å². The molecule has 31 heavy (non-hydrogen) atoms. The summed E-state index contributed by atoms with van der Waals surface area (Å²) in [5.74, 6) is 5.72. The number of amides is 1. The molecule has 3 rings (SSSR count). The lowest BCUT2D eigenvalue weighted by atomic mass is 10.1. The van der Waals surface area contributed by atoms with Gasteiger partial charge in [0.25, 0.3) is 0 Å². The van der Waals surface area contributed by atoms with Crippen LogP contribution in [0.25, 0.3) is 11.3 Å². The van der Waals surface area contributed by atoms with Gasteiger partial charge in [0, 0.05) is 29.1 Å². The molecular formula is C24H19N3O4. The summed E-state index contributed by atoms with van der Waals surface area (Å²) in [6, 6.07) is 14.1. The Morgan fingerprint density at radius 2 is 1.90 bits per heavy atom. The number of carbonyl (C=O) groups excluding carboxylic acids is 2. The maximum atomic E-state index is 12.1. The van der Waals surface area contributed by atoms with Crippen LogP contribution in [0.1, 0.15) is 21.5 Å². The Morgan fingerprint density at radius 3 is 2.58 bits per heavy atom. The maximum Gasteiger partial charge on any atom is 0.413 e. The first kappa shape index (κ1) is 21.3. The summed E-state index contributed by atoms with van der Waals surface area (Å²) in [7, 11) is 1.28. The van der Waals surface area contributed by atoms with Crippen molar-refractivity contribution in [1.82, 2.24) is 9.97 Å². The van der Waals surface area contributed by atoms with Crippen LogP contribution in [0.3, 0.4) is 0 Å². The van der Waals surface area contributed by atoms with Crippen LogP contribution in [-0.2, 0) is 9.47 Å². The van der Waals surface area contributed by atoms with E-state index in [0.29, 0.717) is 5.69 Å². The van der Waals surface area contributed by atoms with Crippen molar-refractivity contribution in [1.29, 1.82) is 0 Å². The number of methoxy groups -OCH3 is 1. The van der Waals surface area contributed by atoms with Crippen molar-refractivity contribution in [2.75, 3.05) is 19.0 Å². The molecule has 2 heterocycles. The maximum absolute atomic E-state index is 12.1. The summed E-state index contributed by atoms with van der Waals surface area (Å²) in [4.78, 5) is 32.3. The van der Waals surface area contributed by atoms with E-state index in [9.17, 15) is 9.59 Å². The summed E-state index contributed by atoms with van der Waals surface area (Å²) < 4.78 is 9.70. The highest BCUT2D eigenvalue weighted by molar-refractivity contribution is 5.93. The third-order valence-corrected chi connectivity index (χ3v) is 4.00. The molecule has 1 aromatic carbocycles. The van der Waals surface area contributed by atoms with Crippen LogP contribution in [0.5, 0.6) is 0 Å². The van der Waals surface area contributed by atoms with Gasteiger partial charge in [0.2, 0.25) is 0 Å². The second-order valence-electron chi connectivity index (χ2n) is 6.20. The van der Waals surface area contributed by atoms with Crippen molar-refractivity contribution < 1.29 is 19.1 Å². The van der Waals surface area contributed by atoms with Gasteiger partial charge >= 0.3 is 12.1 Å². The van der Waals surface area contributed by atoms with E-state index in [0.717, 1.165) is 16.7 Å². The molecule has 0 atom stereocenters. The van der Waals surface area contributed by atoms with E-state index in [2.05, 4.69) is 33.7 Å². The number of esters is 1. The number of pyridine rings is 2. The number of carbonyl (C=O) groups is 2. The van der Waals surface area contributed by atoms with E-state index in [4.69, 9.17) is 9.47 Å². The van der Waals surface area contributed by atoms with Crippen molar-refractivity contribution in [3.05, 3.63) is 90.3 Å². The fourth-order valence-corrected chi connectivity index (χ4v) is 2.56. The van der Waals surface area contributed by atoms with Gasteiger partial charge in [-0.2, -0.15) is 0 Å². The molecule has 2 aromatic heterocycles. The van der Waals surface area contributed by atoms with Crippen molar-refractivity contribution >= 4 is 17.9 Å². The number of nitrogens with zero attached hydrogens (tertiary/aromatic N) is 2. The molecule has 1 N–H and O–H groups in total. The van der Waals surface area contributed by atoms with Crippen molar-refractivity contribution in [2.24, 2.45) is 0 Å². The standard InChI is InChI=1S/C24H19N3O4/c1-3-13-31-24(29)27-22-15-20(23(28)30-2)14-21(26-22)19-10-8-17(9-11-19)6-7-18-5-4-12-25-16-18/h3-5,8-12,14-16H,1,13H2,2H3,(H,26,27,29). The Kier molecular flexibility index (Phi) is 7.12. The van der Waals surface area contributed by atoms with Gasteiger partial charge in [0.1, 0.15) is 12.4 Å². The molecule has 0 bridgehead atoms. The van der Waals surface area contributed by atoms with E-state index in [1.54, 1.807) is 18.5 Å². The van der Waals surface area contributed by atoms with Gasteiger partial charge in [-0.25, -0.2) is 14.6 Å². The minimum Gasteiger partial charge on any atom is -0.465 e. The minimum absolute atomic E-state index is 0.0525. The Bertz CT molecular complexity index is 1150.